The highest BCUT2D eigenvalue weighted by atomic mass is 32.2. The van der Waals surface area contributed by atoms with Gasteiger partial charge in [-0.3, -0.25) is 14.4 Å². The molecule has 1 atom stereocenters. The number of benzene rings is 2. The van der Waals surface area contributed by atoms with E-state index in [0.717, 1.165) is 16.7 Å². The van der Waals surface area contributed by atoms with Crippen LogP contribution in [0.15, 0.2) is 58.3 Å². The van der Waals surface area contributed by atoms with E-state index in [0.29, 0.717) is 16.3 Å². The Balaban J connectivity index is 2.01. The van der Waals surface area contributed by atoms with E-state index in [4.69, 9.17) is 0 Å². The molecule has 0 radical (unpaired) electrons. The zero-order valence-corrected chi connectivity index (χ0v) is 17.8. The monoisotopic (exact) mass is 417 g/mol. The van der Waals surface area contributed by atoms with Crippen molar-refractivity contribution in [3.8, 4) is 0 Å². The van der Waals surface area contributed by atoms with E-state index < -0.39 is 0 Å². The standard InChI is InChI=1S/C20H23N3O3S2/c1-13(27-16-11-9-15(10-12-16)21-14(2)24)19(25)22-17-7-5-6-8-18(17)28-20(26)23(3)4/h5-13H,1-4H3,(H,21,24)(H,22,25). The summed E-state index contributed by atoms with van der Waals surface area (Å²) < 4.78 is 0. The summed E-state index contributed by atoms with van der Waals surface area (Å²) >= 11 is 2.49. The van der Waals surface area contributed by atoms with E-state index in [2.05, 4.69) is 10.6 Å². The molecular weight excluding hydrogens is 394 g/mol. The highest BCUT2D eigenvalue weighted by Gasteiger charge is 2.17. The molecule has 2 aromatic rings. The topological polar surface area (TPSA) is 78.5 Å². The third kappa shape index (κ3) is 6.61. The highest BCUT2D eigenvalue weighted by Crippen LogP contribution is 2.30. The van der Waals surface area contributed by atoms with E-state index in [1.54, 1.807) is 38.4 Å². The predicted molar refractivity (Wildman–Crippen MR) is 116 cm³/mol. The van der Waals surface area contributed by atoms with Gasteiger partial charge in [0.2, 0.25) is 11.8 Å². The van der Waals surface area contributed by atoms with Crippen LogP contribution >= 0.6 is 23.5 Å². The van der Waals surface area contributed by atoms with E-state index >= 15 is 0 Å². The maximum Gasteiger partial charge on any atom is 0.286 e. The Morgan fingerprint density at radius 1 is 0.964 bits per heavy atom. The second-order valence-corrected chi connectivity index (χ2v) is 8.62. The highest BCUT2D eigenvalue weighted by molar-refractivity contribution is 8.13. The van der Waals surface area contributed by atoms with Gasteiger partial charge >= 0.3 is 0 Å². The second kappa shape index (κ2) is 10.2. The van der Waals surface area contributed by atoms with Crippen molar-refractivity contribution in [2.24, 2.45) is 0 Å². The van der Waals surface area contributed by atoms with Crippen LogP contribution in [0.3, 0.4) is 0 Å². The Labute approximate surface area is 173 Å². The minimum Gasteiger partial charge on any atom is -0.339 e. The van der Waals surface area contributed by atoms with Crippen molar-refractivity contribution in [1.29, 1.82) is 0 Å². The summed E-state index contributed by atoms with van der Waals surface area (Å²) in [5.74, 6) is -0.279. The number of thioether (sulfide) groups is 2. The van der Waals surface area contributed by atoms with Gasteiger partial charge < -0.3 is 15.5 Å². The molecule has 3 amide bonds. The first-order valence-corrected chi connectivity index (χ1v) is 10.3. The molecule has 0 aliphatic heterocycles. The molecule has 0 aliphatic carbocycles. The van der Waals surface area contributed by atoms with Crippen molar-refractivity contribution < 1.29 is 14.4 Å². The summed E-state index contributed by atoms with van der Waals surface area (Å²) in [7, 11) is 3.37. The first-order valence-electron chi connectivity index (χ1n) is 8.59. The molecule has 2 aromatic carbocycles. The number of hydrogen-bond donors (Lipinski definition) is 2. The lowest BCUT2D eigenvalue weighted by Gasteiger charge is -2.15. The molecule has 0 saturated heterocycles. The smallest absolute Gasteiger partial charge is 0.286 e. The molecule has 0 heterocycles. The van der Waals surface area contributed by atoms with Gasteiger partial charge in [-0.1, -0.05) is 12.1 Å². The molecule has 2 rings (SSSR count). The molecule has 8 heteroatoms. The lowest BCUT2D eigenvalue weighted by molar-refractivity contribution is -0.115. The fourth-order valence-electron chi connectivity index (χ4n) is 2.16. The Morgan fingerprint density at radius 3 is 2.21 bits per heavy atom. The number of nitrogens with one attached hydrogen (secondary N) is 2. The van der Waals surface area contributed by atoms with Crippen LogP contribution in [0.1, 0.15) is 13.8 Å². The minimum absolute atomic E-state index is 0.108. The molecule has 0 aliphatic rings. The van der Waals surface area contributed by atoms with E-state index in [9.17, 15) is 14.4 Å². The van der Waals surface area contributed by atoms with Gasteiger partial charge in [-0.2, -0.15) is 0 Å². The summed E-state index contributed by atoms with van der Waals surface area (Å²) in [6, 6.07) is 14.6. The minimum atomic E-state index is -0.339. The van der Waals surface area contributed by atoms with Crippen LogP contribution in [-0.4, -0.2) is 41.3 Å². The number of amides is 3. The summed E-state index contributed by atoms with van der Waals surface area (Å²) in [6.45, 7) is 3.28. The van der Waals surface area contributed by atoms with E-state index in [-0.39, 0.29) is 22.3 Å². The maximum atomic E-state index is 12.6. The van der Waals surface area contributed by atoms with Crippen molar-refractivity contribution in [3.05, 3.63) is 48.5 Å². The van der Waals surface area contributed by atoms with Crippen LogP contribution in [0.4, 0.5) is 16.2 Å². The number of hydrogen-bond acceptors (Lipinski definition) is 5. The lowest BCUT2D eigenvalue weighted by atomic mass is 10.3. The molecule has 0 fully saturated rings. The molecule has 6 nitrogen and oxygen atoms in total. The lowest BCUT2D eigenvalue weighted by Crippen LogP contribution is -2.23. The molecule has 0 spiro atoms. The fourth-order valence-corrected chi connectivity index (χ4v) is 3.77. The van der Waals surface area contributed by atoms with Crippen LogP contribution in [0.2, 0.25) is 0 Å². The largest absolute Gasteiger partial charge is 0.339 e. The van der Waals surface area contributed by atoms with Gasteiger partial charge in [0.1, 0.15) is 0 Å². The Bertz CT molecular complexity index is 854. The van der Waals surface area contributed by atoms with Crippen molar-refractivity contribution in [3.63, 3.8) is 0 Å². The molecule has 0 aromatic heterocycles. The van der Waals surface area contributed by atoms with Gasteiger partial charge in [0.15, 0.2) is 0 Å². The Morgan fingerprint density at radius 2 is 1.61 bits per heavy atom. The molecule has 2 N–H and O–H groups in total. The summed E-state index contributed by atoms with van der Waals surface area (Å²) in [4.78, 5) is 38.8. The number of carbonyl (C=O) groups is 3. The Hall–Kier alpha value is -2.45. The van der Waals surface area contributed by atoms with Crippen LogP contribution in [-0.2, 0) is 9.59 Å². The average molecular weight is 418 g/mol. The maximum absolute atomic E-state index is 12.6. The SMILES string of the molecule is CC(=O)Nc1ccc(SC(C)C(=O)Nc2ccccc2SC(=O)N(C)C)cc1. The van der Waals surface area contributed by atoms with Gasteiger partial charge in [-0.05, 0) is 55.1 Å². The zero-order valence-electron chi connectivity index (χ0n) is 16.2. The quantitative estimate of drug-likeness (QED) is 0.675. The zero-order chi connectivity index (χ0) is 20.7. The van der Waals surface area contributed by atoms with Gasteiger partial charge in [-0.25, -0.2) is 0 Å². The number of rotatable bonds is 6. The summed E-state index contributed by atoms with van der Waals surface area (Å²) in [6.07, 6.45) is 0. The van der Waals surface area contributed by atoms with Crippen molar-refractivity contribution in [2.75, 3.05) is 24.7 Å². The predicted octanol–water partition coefficient (Wildman–Crippen LogP) is 4.54. The molecule has 1 unspecified atom stereocenters. The second-order valence-electron chi connectivity index (χ2n) is 6.21. The first-order chi connectivity index (χ1) is 13.3. The van der Waals surface area contributed by atoms with Gasteiger partial charge in [-0.15, -0.1) is 11.8 Å². The average Bonchev–Trinajstić information content (AvgIpc) is 2.64. The number of anilines is 2. The third-order valence-corrected chi connectivity index (χ3v) is 5.79. The molecule has 0 saturated carbocycles. The number of carbonyl (C=O) groups excluding carboxylic acids is 3. The van der Waals surface area contributed by atoms with Gasteiger partial charge in [0.25, 0.3) is 5.24 Å². The van der Waals surface area contributed by atoms with Gasteiger partial charge in [0.05, 0.1) is 10.9 Å². The van der Waals surface area contributed by atoms with E-state index in [1.807, 2.05) is 31.2 Å². The van der Waals surface area contributed by atoms with Crippen LogP contribution in [0, 0.1) is 0 Å². The molecule has 0 bridgehead atoms. The van der Waals surface area contributed by atoms with Gasteiger partial charge in [0, 0.05) is 36.5 Å². The summed E-state index contributed by atoms with van der Waals surface area (Å²) in [5, 5.41) is 5.17. The Kier molecular flexibility index (Phi) is 7.95. The van der Waals surface area contributed by atoms with Crippen LogP contribution in [0.25, 0.3) is 0 Å². The molecular formula is C20H23N3O3S2. The fraction of sp³-hybridized carbons (Fsp3) is 0.250. The van der Waals surface area contributed by atoms with Crippen molar-refractivity contribution in [2.45, 2.75) is 28.9 Å². The van der Waals surface area contributed by atoms with Crippen molar-refractivity contribution >= 4 is 52.0 Å². The molecule has 28 heavy (non-hydrogen) atoms. The van der Waals surface area contributed by atoms with E-state index in [1.165, 1.54) is 23.6 Å². The summed E-state index contributed by atoms with van der Waals surface area (Å²) in [5.41, 5.74) is 1.33. The number of nitrogens with zero attached hydrogens (tertiary/aromatic N) is 1. The van der Waals surface area contributed by atoms with Crippen LogP contribution in [0.5, 0.6) is 0 Å². The first kappa shape index (κ1) is 21.8. The normalized spacial score (nSPS) is 11.4. The third-order valence-electron chi connectivity index (χ3n) is 3.56. The number of para-hydroxylation sites is 1. The van der Waals surface area contributed by atoms with Crippen LogP contribution < -0.4 is 10.6 Å². The molecule has 148 valence electrons. The van der Waals surface area contributed by atoms with Crippen molar-refractivity contribution in [1.82, 2.24) is 4.90 Å².